The number of ether oxygens (including phenoxy) is 1. The van der Waals surface area contributed by atoms with Crippen LogP contribution in [0.2, 0.25) is 0 Å². The molecule has 274 valence electrons. The second-order valence-electron chi connectivity index (χ2n) is 18.5. The Labute approximate surface area is 294 Å². The Morgan fingerprint density at radius 3 is 2.41 bits per heavy atom. The number of aliphatic hydroxyl groups excluding tert-OH is 1. The van der Waals surface area contributed by atoms with E-state index in [1.807, 2.05) is 19.1 Å². The predicted molar refractivity (Wildman–Crippen MR) is 190 cm³/mol. The summed E-state index contributed by atoms with van der Waals surface area (Å²) in [5, 5.41) is 52.0. The number of aliphatic hydroxyl groups is 4. The highest BCUT2D eigenvalue weighted by molar-refractivity contribution is 5.95. The molecule has 0 radical (unpaired) electrons. The summed E-state index contributed by atoms with van der Waals surface area (Å²) in [6, 6.07) is 0. The fraction of sp³-hybridized carbons (Fsp3) is 0.829. The number of epoxide rings is 1. The van der Waals surface area contributed by atoms with Crippen molar-refractivity contribution in [2.24, 2.45) is 45.7 Å². The summed E-state index contributed by atoms with van der Waals surface area (Å²) in [5.41, 5.74) is 3.16. The first-order valence-corrected chi connectivity index (χ1v) is 19.7. The number of nitrogens with two attached hydrogens (primary N) is 1. The SMILES string of the molecule is CCC[C@@](O)([C@H]1CC[C@@]2(O)C3=CC(=O)[C@@H]4C[C@@H](O)CC[C@]4(C4CCCC4)[C@H]3CC[C@]12C)[C@H]1O[C@@H]1[C@](C)(O)C(C)(C)CCC1=CCNC(N)=C1. The summed E-state index contributed by atoms with van der Waals surface area (Å²) in [7, 11) is 0. The van der Waals surface area contributed by atoms with Gasteiger partial charge in [-0.1, -0.05) is 53.0 Å². The van der Waals surface area contributed by atoms with Crippen LogP contribution in [0.25, 0.3) is 0 Å². The first-order chi connectivity index (χ1) is 23.0. The van der Waals surface area contributed by atoms with Crippen molar-refractivity contribution in [1.29, 1.82) is 0 Å². The normalized spacial score (nSPS) is 43.2. The Morgan fingerprint density at radius 1 is 0.980 bits per heavy atom. The van der Waals surface area contributed by atoms with Crippen LogP contribution in [0.1, 0.15) is 131 Å². The lowest BCUT2D eigenvalue weighted by molar-refractivity contribution is -0.166. The van der Waals surface area contributed by atoms with Gasteiger partial charge in [0.2, 0.25) is 0 Å². The Bertz CT molecular complexity index is 1410. The summed E-state index contributed by atoms with van der Waals surface area (Å²) in [6.07, 6.45) is 16.8. The molecule has 0 aromatic heterocycles. The average Bonchev–Trinajstić information content (AvgIpc) is 3.59. The minimum absolute atomic E-state index is 0.101. The fourth-order valence-corrected chi connectivity index (χ4v) is 12.8. The molecule has 49 heavy (non-hydrogen) atoms. The van der Waals surface area contributed by atoms with Crippen molar-refractivity contribution in [1.82, 2.24) is 5.32 Å². The number of nitrogens with one attached hydrogen (secondary N) is 1. The van der Waals surface area contributed by atoms with Gasteiger partial charge in [0.25, 0.3) is 0 Å². The van der Waals surface area contributed by atoms with Crippen LogP contribution in [0.15, 0.2) is 35.2 Å². The number of carbonyl (C=O) groups is 1. The molecule has 1 saturated heterocycles. The van der Waals surface area contributed by atoms with Crippen LogP contribution in [0.3, 0.4) is 0 Å². The van der Waals surface area contributed by atoms with Gasteiger partial charge < -0.3 is 36.2 Å². The van der Waals surface area contributed by atoms with Gasteiger partial charge in [0.05, 0.1) is 28.7 Å². The molecule has 8 nitrogen and oxygen atoms in total. The third-order valence-corrected chi connectivity index (χ3v) is 16.0. The second kappa shape index (κ2) is 12.2. The Hall–Kier alpha value is -1.71. The van der Waals surface area contributed by atoms with Crippen LogP contribution >= 0.6 is 0 Å². The molecule has 7 aliphatic rings. The number of ketones is 1. The van der Waals surface area contributed by atoms with Crippen LogP contribution in [-0.4, -0.2) is 67.9 Å². The van der Waals surface area contributed by atoms with Crippen molar-refractivity contribution >= 4 is 5.78 Å². The van der Waals surface area contributed by atoms with E-state index >= 15 is 0 Å². The van der Waals surface area contributed by atoms with Crippen LogP contribution in [0.4, 0.5) is 0 Å². The number of hydrogen-bond acceptors (Lipinski definition) is 8. The largest absolute Gasteiger partial charge is 0.393 e. The molecule has 2 heterocycles. The van der Waals surface area contributed by atoms with E-state index in [-0.39, 0.29) is 29.0 Å². The molecule has 4 saturated carbocycles. The maximum Gasteiger partial charge on any atom is 0.159 e. The van der Waals surface area contributed by atoms with Crippen LogP contribution in [0.5, 0.6) is 0 Å². The van der Waals surface area contributed by atoms with Crippen LogP contribution in [-0.2, 0) is 9.53 Å². The molecule has 5 fully saturated rings. The molecule has 2 aliphatic heterocycles. The van der Waals surface area contributed by atoms with E-state index in [2.05, 4.69) is 39.1 Å². The monoisotopic (exact) mass is 680 g/mol. The first-order valence-electron chi connectivity index (χ1n) is 19.7. The number of hydrogen-bond donors (Lipinski definition) is 6. The van der Waals surface area contributed by atoms with E-state index in [1.165, 1.54) is 12.8 Å². The molecule has 0 unspecified atom stereocenters. The Morgan fingerprint density at radius 2 is 1.71 bits per heavy atom. The van der Waals surface area contributed by atoms with Crippen molar-refractivity contribution in [3.05, 3.63) is 35.2 Å². The van der Waals surface area contributed by atoms with Crippen LogP contribution in [0, 0.1) is 39.9 Å². The molecule has 0 bridgehead atoms. The average molecular weight is 681 g/mol. The lowest BCUT2D eigenvalue weighted by Crippen LogP contribution is -2.63. The molecular formula is C41H64N2O6. The minimum atomic E-state index is -1.22. The molecule has 11 atom stereocenters. The predicted octanol–water partition coefficient (Wildman–Crippen LogP) is 5.58. The number of carbonyl (C=O) groups excluding carboxylic acids is 1. The van der Waals surface area contributed by atoms with Crippen molar-refractivity contribution in [3.63, 3.8) is 0 Å². The fourth-order valence-electron chi connectivity index (χ4n) is 12.8. The first kappa shape index (κ1) is 35.7. The van der Waals surface area contributed by atoms with Crippen molar-refractivity contribution in [2.45, 2.75) is 166 Å². The van der Waals surface area contributed by atoms with Crippen LogP contribution < -0.4 is 11.1 Å². The molecule has 0 aromatic carbocycles. The molecule has 0 aromatic rings. The molecule has 8 heteroatoms. The number of dihydropyridines is 1. The van der Waals surface area contributed by atoms with Gasteiger partial charge in [-0.3, -0.25) is 4.79 Å². The smallest absolute Gasteiger partial charge is 0.159 e. The maximum atomic E-state index is 14.1. The minimum Gasteiger partial charge on any atom is -0.393 e. The molecule has 0 amide bonds. The van der Waals surface area contributed by atoms with Crippen molar-refractivity contribution < 1.29 is 30.0 Å². The van der Waals surface area contributed by atoms with E-state index in [4.69, 9.17) is 10.5 Å². The zero-order valence-corrected chi connectivity index (χ0v) is 30.8. The lowest BCUT2D eigenvalue weighted by atomic mass is 9.42. The van der Waals surface area contributed by atoms with Gasteiger partial charge in [-0.15, -0.1) is 0 Å². The Kier molecular flexibility index (Phi) is 8.87. The third kappa shape index (κ3) is 5.27. The maximum absolute atomic E-state index is 14.1. The van der Waals surface area contributed by atoms with Gasteiger partial charge in [-0.25, -0.2) is 0 Å². The van der Waals surface area contributed by atoms with Gasteiger partial charge >= 0.3 is 0 Å². The number of fused-ring (bicyclic) bond motifs is 5. The molecule has 7 rings (SSSR count). The zero-order chi connectivity index (χ0) is 35.2. The van der Waals surface area contributed by atoms with E-state index < -0.39 is 45.9 Å². The topological polar surface area (TPSA) is 149 Å². The lowest BCUT2D eigenvalue weighted by Gasteiger charge is -2.63. The molecule has 7 N–H and O–H groups in total. The summed E-state index contributed by atoms with van der Waals surface area (Å²) in [5.74, 6) is 0.946. The van der Waals surface area contributed by atoms with E-state index in [1.54, 1.807) is 0 Å². The summed E-state index contributed by atoms with van der Waals surface area (Å²) in [4.78, 5) is 14.1. The molecular weight excluding hydrogens is 616 g/mol. The highest BCUT2D eigenvalue weighted by Crippen LogP contribution is 2.72. The number of rotatable bonds is 10. The third-order valence-electron chi connectivity index (χ3n) is 16.0. The molecule has 0 spiro atoms. The zero-order valence-electron chi connectivity index (χ0n) is 30.8. The van der Waals surface area contributed by atoms with Gasteiger partial charge in [0, 0.05) is 17.9 Å². The van der Waals surface area contributed by atoms with Gasteiger partial charge in [-0.05, 0) is 136 Å². The van der Waals surface area contributed by atoms with E-state index in [9.17, 15) is 25.2 Å². The van der Waals surface area contributed by atoms with E-state index in [0.29, 0.717) is 44.0 Å². The standard InChI is InChI=1S/C41H64N2O6/c1-6-16-40(47,35-34(49-35)38(5,46)36(2,3)17-11-25-15-21-43-33(42)22-25)32-14-20-41(48)29-24-31(45)30-23-27(44)12-19-39(30,26-9-7-8-10-26)28(29)13-18-37(32,41)4/h15,22,24,26-28,30,32,34-35,43-44,46-48H,6-14,16-21,23,42H2,1-5H3/t27-,28-,30-,32-,34-,35-,37+,38-,39-,40+,41+/m0/s1. The summed E-state index contributed by atoms with van der Waals surface area (Å²) in [6.45, 7) is 11.0. The van der Waals surface area contributed by atoms with Gasteiger partial charge in [0.1, 0.15) is 12.2 Å². The summed E-state index contributed by atoms with van der Waals surface area (Å²) >= 11 is 0. The van der Waals surface area contributed by atoms with Gasteiger partial charge in [0.15, 0.2) is 5.78 Å². The second-order valence-corrected chi connectivity index (χ2v) is 18.5. The van der Waals surface area contributed by atoms with Crippen molar-refractivity contribution in [2.75, 3.05) is 6.54 Å². The van der Waals surface area contributed by atoms with Gasteiger partial charge in [-0.2, -0.15) is 0 Å². The van der Waals surface area contributed by atoms with E-state index in [0.717, 1.165) is 68.9 Å². The number of allylic oxidation sites excluding steroid dienone is 3. The Balaban J connectivity index is 1.16. The summed E-state index contributed by atoms with van der Waals surface area (Å²) < 4.78 is 6.42. The quantitative estimate of drug-likeness (QED) is 0.164. The van der Waals surface area contributed by atoms with Crippen molar-refractivity contribution in [3.8, 4) is 0 Å². The highest BCUT2D eigenvalue weighted by atomic mass is 16.6. The molecule has 5 aliphatic carbocycles. The highest BCUT2D eigenvalue weighted by Gasteiger charge is 2.74.